The highest BCUT2D eigenvalue weighted by Gasteiger charge is 2.35. The second kappa shape index (κ2) is 6.38. The highest BCUT2D eigenvalue weighted by atomic mass is 19.4. The molecule has 0 saturated carbocycles. The summed E-state index contributed by atoms with van der Waals surface area (Å²) >= 11 is 0. The van der Waals surface area contributed by atoms with E-state index in [2.05, 4.69) is 0 Å². The highest BCUT2D eigenvalue weighted by molar-refractivity contribution is 5.92. The maximum absolute atomic E-state index is 13.2. The van der Waals surface area contributed by atoms with Crippen molar-refractivity contribution in [1.29, 1.82) is 0 Å². The van der Waals surface area contributed by atoms with Gasteiger partial charge in [0, 0.05) is 0 Å². The predicted octanol–water partition coefficient (Wildman–Crippen LogP) is 3.31. The van der Waals surface area contributed by atoms with Crippen molar-refractivity contribution >= 4 is 5.91 Å². The van der Waals surface area contributed by atoms with Crippen molar-refractivity contribution in [2.24, 2.45) is 5.73 Å². The van der Waals surface area contributed by atoms with Crippen molar-refractivity contribution in [3.8, 4) is 0 Å². The number of nitrogens with zero attached hydrogens (tertiary/aromatic N) is 1. The van der Waals surface area contributed by atoms with Crippen molar-refractivity contribution in [3.05, 3.63) is 69.1 Å². The summed E-state index contributed by atoms with van der Waals surface area (Å²) < 4.78 is 40.2. The van der Waals surface area contributed by atoms with Crippen LogP contribution in [0.25, 0.3) is 0 Å². The minimum Gasteiger partial charge on any atom is -0.365 e. The maximum Gasteiger partial charge on any atom is 0.431 e. The standard InChI is InChI=1S/C18H19F3N2O2/c1-17(2,3)12-6-4-11(5-7-12)10-23-14(18(19,20)21)9-8-13(15(22)24)16(23)25/h4-9H,10H2,1-3H3,(H2,22,24). The number of pyridine rings is 1. The van der Waals surface area contributed by atoms with Crippen LogP contribution in [0.3, 0.4) is 0 Å². The smallest absolute Gasteiger partial charge is 0.365 e. The van der Waals surface area contributed by atoms with Gasteiger partial charge in [-0.1, -0.05) is 45.0 Å². The molecule has 0 radical (unpaired) electrons. The number of carbonyl (C=O) groups excluding carboxylic acids is 1. The van der Waals surface area contributed by atoms with Crippen LogP contribution in [0.2, 0.25) is 0 Å². The zero-order valence-corrected chi connectivity index (χ0v) is 14.1. The Morgan fingerprint density at radius 2 is 1.60 bits per heavy atom. The molecule has 0 spiro atoms. The fourth-order valence-electron chi connectivity index (χ4n) is 2.46. The lowest BCUT2D eigenvalue weighted by Gasteiger charge is -2.20. The number of hydrogen-bond donors (Lipinski definition) is 1. The molecular formula is C18H19F3N2O2. The molecule has 1 amide bonds. The monoisotopic (exact) mass is 352 g/mol. The molecule has 0 unspecified atom stereocenters. The Balaban J connectivity index is 2.52. The van der Waals surface area contributed by atoms with Crippen LogP contribution in [0, 0.1) is 0 Å². The number of carbonyl (C=O) groups is 1. The first kappa shape index (κ1) is 18.8. The van der Waals surface area contributed by atoms with E-state index >= 15 is 0 Å². The molecule has 134 valence electrons. The van der Waals surface area contributed by atoms with E-state index in [9.17, 15) is 22.8 Å². The molecule has 1 aromatic heterocycles. The minimum absolute atomic E-state index is 0.0988. The van der Waals surface area contributed by atoms with Crippen molar-refractivity contribution < 1.29 is 18.0 Å². The van der Waals surface area contributed by atoms with Crippen LogP contribution < -0.4 is 11.3 Å². The number of benzene rings is 1. The Bertz CT molecular complexity index is 845. The number of rotatable bonds is 3. The Kier molecular flexibility index (Phi) is 4.79. The van der Waals surface area contributed by atoms with Crippen LogP contribution in [-0.4, -0.2) is 10.5 Å². The molecule has 0 aliphatic carbocycles. The van der Waals surface area contributed by atoms with Crippen molar-refractivity contribution in [1.82, 2.24) is 4.57 Å². The highest BCUT2D eigenvalue weighted by Crippen LogP contribution is 2.29. The molecule has 25 heavy (non-hydrogen) atoms. The van der Waals surface area contributed by atoms with Crippen molar-refractivity contribution in [2.75, 3.05) is 0 Å². The van der Waals surface area contributed by atoms with Crippen LogP contribution in [0.15, 0.2) is 41.2 Å². The fraction of sp³-hybridized carbons (Fsp3) is 0.333. The molecule has 0 atom stereocenters. The molecule has 2 rings (SSSR count). The first-order chi connectivity index (χ1) is 11.4. The van der Waals surface area contributed by atoms with Crippen molar-refractivity contribution in [3.63, 3.8) is 0 Å². The zero-order valence-electron chi connectivity index (χ0n) is 14.1. The van der Waals surface area contributed by atoms with E-state index in [1.807, 2.05) is 32.9 Å². The van der Waals surface area contributed by atoms with Gasteiger partial charge in [-0.2, -0.15) is 13.2 Å². The van der Waals surface area contributed by atoms with Crippen LogP contribution in [0.4, 0.5) is 13.2 Å². The number of amides is 1. The molecule has 0 aliphatic rings. The molecule has 7 heteroatoms. The van der Waals surface area contributed by atoms with Crippen LogP contribution in [0.5, 0.6) is 0 Å². The first-order valence-corrected chi connectivity index (χ1v) is 7.61. The number of hydrogen-bond acceptors (Lipinski definition) is 2. The second-order valence-electron chi connectivity index (χ2n) is 6.83. The minimum atomic E-state index is -4.72. The summed E-state index contributed by atoms with van der Waals surface area (Å²) in [7, 11) is 0. The van der Waals surface area contributed by atoms with E-state index in [0.717, 1.165) is 11.6 Å². The summed E-state index contributed by atoms with van der Waals surface area (Å²) in [4.78, 5) is 23.5. The maximum atomic E-state index is 13.2. The van der Waals surface area contributed by atoms with E-state index in [-0.39, 0.29) is 12.0 Å². The lowest BCUT2D eigenvalue weighted by atomic mass is 9.87. The molecule has 2 N–H and O–H groups in total. The molecule has 2 aromatic rings. The van der Waals surface area contributed by atoms with Gasteiger partial charge in [0.2, 0.25) is 0 Å². The third kappa shape index (κ3) is 4.10. The lowest BCUT2D eigenvalue weighted by molar-refractivity contribution is -0.144. The summed E-state index contributed by atoms with van der Waals surface area (Å²) in [5.74, 6) is -1.06. The molecular weight excluding hydrogens is 333 g/mol. The predicted molar refractivity (Wildman–Crippen MR) is 88.5 cm³/mol. The average molecular weight is 352 g/mol. The molecule has 4 nitrogen and oxygen atoms in total. The van der Waals surface area contributed by atoms with Crippen LogP contribution >= 0.6 is 0 Å². The van der Waals surface area contributed by atoms with Gasteiger partial charge < -0.3 is 5.73 Å². The molecule has 1 aromatic carbocycles. The SMILES string of the molecule is CC(C)(C)c1ccc(Cn2c(C(F)(F)F)ccc(C(N)=O)c2=O)cc1. The third-order valence-corrected chi connectivity index (χ3v) is 3.89. The lowest BCUT2D eigenvalue weighted by Crippen LogP contribution is -2.34. The molecule has 0 bridgehead atoms. The van der Waals surface area contributed by atoms with Gasteiger partial charge in [0.05, 0.1) is 6.54 Å². The van der Waals surface area contributed by atoms with E-state index in [1.54, 1.807) is 12.1 Å². The normalized spacial score (nSPS) is 12.2. The van der Waals surface area contributed by atoms with Crippen molar-refractivity contribution in [2.45, 2.75) is 38.9 Å². The molecule has 0 aliphatic heterocycles. The Morgan fingerprint density at radius 1 is 1.04 bits per heavy atom. The van der Waals surface area contributed by atoms with Gasteiger partial charge in [0.1, 0.15) is 11.3 Å². The second-order valence-corrected chi connectivity index (χ2v) is 6.83. The largest absolute Gasteiger partial charge is 0.431 e. The summed E-state index contributed by atoms with van der Waals surface area (Å²) in [6, 6.07) is 8.48. The summed E-state index contributed by atoms with van der Waals surface area (Å²) in [5.41, 5.74) is 3.86. The van der Waals surface area contributed by atoms with Gasteiger partial charge in [-0.3, -0.25) is 14.2 Å². The number of aromatic nitrogens is 1. The van der Waals surface area contributed by atoms with E-state index in [4.69, 9.17) is 5.73 Å². The Morgan fingerprint density at radius 3 is 2.04 bits per heavy atom. The summed E-state index contributed by atoms with van der Waals surface area (Å²) in [6.45, 7) is 5.75. The topological polar surface area (TPSA) is 65.1 Å². The molecule has 0 saturated heterocycles. The number of nitrogens with two attached hydrogens (primary N) is 1. The van der Waals surface area contributed by atoms with E-state index in [0.29, 0.717) is 16.2 Å². The average Bonchev–Trinajstić information content (AvgIpc) is 2.47. The van der Waals surface area contributed by atoms with Gasteiger partial charge in [-0.25, -0.2) is 0 Å². The summed E-state index contributed by atoms with van der Waals surface area (Å²) in [6.07, 6.45) is -4.72. The number of halogens is 3. The third-order valence-electron chi connectivity index (χ3n) is 3.89. The summed E-state index contributed by atoms with van der Waals surface area (Å²) in [5, 5.41) is 0. The van der Waals surface area contributed by atoms with Gasteiger partial charge in [-0.15, -0.1) is 0 Å². The van der Waals surface area contributed by atoms with Crippen LogP contribution in [0.1, 0.15) is 48.0 Å². The first-order valence-electron chi connectivity index (χ1n) is 7.61. The van der Waals surface area contributed by atoms with E-state index < -0.39 is 28.9 Å². The van der Waals surface area contributed by atoms with E-state index in [1.165, 1.54) is 0 Å². The molecule has 1 heterocycles. The fourth-order valence-corrected chi connectivity index (χ4v) is 2.46. The van der Waals surface area contributed by atoms with Gasteiger partial charge in [-0.05, 0) is 28.7 Å². The van der Waals surface area contributed by atoms with Gasteiger partial charge in [0.25, 0.3) is 11.5 Å². The quantitative estimate of drug-likeness (QED) is 0.921. The Labute approximate surface area is 143 Å². The van der Waals surface area contributed by atoms with Gasteiger partial charge >= 0.3 is 6.18 Å². The van der Waals surface area contributed by atoms with Gasteiger partial charge in [0.15, 0.2) is 0 Å². The number of primary amides is 1. The Hall–Kier alpha value is -2.57. The number of alkyl halides is 3. The van der Waals surface area contributed by atoms with Crippen LogP contribution in [-0.2, 0) is 18.1 Å². The molecule has 0 fully saturated rings. The zero-order chi connectivity index (χ0) is 19.0.